The summed E-state index contributed by atoms with van der Waals surface area (Å²) in [5.74, 6) is 1.48. The number of anilines is 1. The van der Waals surface area contributed by atoms with Crippen LogP contribution in [-0.2, 0) is 0 Å². The molecule has 0 aromatic carbocycles. The standard InChI is InChI=1S/C22H33F2N3O/c1-21(2)17-6-8-22(21,18(28)14-17)7-3-9-26-10-12-27(13-11-26)19-5-4-16(15-25-19)20(23)24/h4-5,15,17-18,20,28H,3,6-14H2,1-2H3/t17-,18?,22+/m1/s1. The summed E-state index contributed by atoms with van der Waals surface area (Å²) in [6.07, 6.45) is 4.40. The molecule has 3 atom stereocenters. The van der Waals surface area contributed by atoms with Gasteiger partial charge in [-0.3, -0.25) is 4.90 Å². The number of aromatic nitrogens is 1. The van der Waals surface area contributed by atoms with E-state index in [9.17, 15) is 13.9 Å². The zero-order valence-electron chi connectivity index (χ0n) is 17.1. The highest BCUT2D eigenvalue weighted by atomic mass is 19.3. The predicted molar refractivity (Wildman–Crippen MR) is 107 cm³/mol. The zero-order chi connectivity index (χ0) is 19.9. The molecular weight excluding hydrogens is 360 g/mol. The van der Waals surface area contributed by atoms with Gasteiger partial charge >= 0.3 is 0 Å². The molecular formula is C22H33F2N3O. The molecule has 2 saturated carbocycles. The van der Waals surface area contributed by atoms with Gasteiger partial charge in [0.05, 0.1) is 6.10 Å². The number of aliphatic hydroxyl groups is 1. The minimum atomic E-state index is -2.46. The summed E-state index contributed by atoms with van der Waals surface area (Å²) < 4.78 is 25.3. The number of alkyl halides is 2. The molecule has 1 aromatic heterocycles. The number of nitrogens with zero attached hydrogens (tertiary/aromatic N) is 3. The summed E-state index contributed by atoms with van der Waals surface area (Å²) in [5.41, 5.74) is 0.366. The minimum absolute atomic E-state index is 0.0204. The van der Waals surface area contributed by atoms with Crippen molar-refractivity contribution in [2.75, 3.05) is 37.6 Å². The average Bonchev–Trinajstić information content (AvgIpc) is 3.03. The number of hydrogen-bond acceptors (Lipinski definition) is 4. The predicted octanol–water partition coefficient (Wildman–Crippen LogP) is 4.11. The molecule has 156 valence electrons. The van der Waals surface area contributed by atoms with Crippen LogP contribution in [0.15, 0.2) is 18.3 Å². The first kappa shape index (κ1) is 20.0. The second-order valence-electron chi connectivity index (χ2n) is 9.55. The van der Waals surface area contributed by atoms with Crippen LogP contribution in [0.3, 0.4) is 0 Å². The van der Waals surface area contributed by atoms with Crippen LogP contribution in [0.5, 0.6) is 0 Å². The Kier molecular flexibility index (Phi) is 5.38. The molecule has 4 nitrogen and oxygen atoms in total. The van der Waals surface area contributed by atoms with Crippen molar-refractivity contribution in [3.63, 3.8) is 0 Å². The molecule has 3 aliphatic rings. The van der Waals surface area contributed by atoms with Crippen LogP contribution in [0.1, 0.15) is 57.9 Å². The number of hydrogen-bond donors (Lipinski definition) is 1. The molecule has 28 heavy (non-hydrogen) atoms. The van der Waals surface area contributed by atoms with Crippen molar-refractivity contribution in [1.82, 2.24) is 9.88 Å². The first-order chi connectivity index (χ1) is 13.3. The fourth-order valence-electron chi connectivity index (χ4n) is 6.17. The second kappa shape index (κ2) is 7.52. The van der Waals surface area contributed by atoms with Crippen LogP contribution in [0.25, 0.3) is 0 Å². The van der Waals surface area contributed by atoms with Crippen LogP contribution >= 0.6 is 0 Å². The highest BCUT2D eigenvalue weighted by molar-refractivity contribution is 5.40. The van der Waals surface area contributed by atoms with Crippen LogP contribution in [0.2, 0.25) is 0 Å². The van der Waals surface area contributed by atoms with Gasteiger partial charge < -0.3 is 10.0 Å². The molecule has 2 bridgehead atoms. The van der Waals surface area contributed by atoms with E-state index < -0.39 is 6.43 Å². The van der Waals surface area contributed by atoms with E-state index in [4.69, 9.17) is 0 Å². The van der Waals surface area contributed by atoms with Crippen LogP contribution in [0, 0.1) is 16.7 Å². The van der Waals surface area contributed by atoms with Crippen LogP contribution < -0.4 is 4.90 Å². The fraction of sp³-hybridized carbons (Fsp3) is 0.773. The van der Waals surface area contributed by atoms with Crippen molar-refractivity contribution in [1.29, 1.82) is 0 Å². The highest BCUT2D eigenvalue weighted by Gasteiger charge is 2.62. The molecule has 3 fully saturated rings. The smallest absolute Gasteiger partial charge is 0.265 e. The van der Waals surface area contributed by atoms with Gasteiger partial charge in [-0.25, -0.2) is 13.8 Å². The van der Waals surface area contributed by atoms with E-state index in [2.05, 4.69) is 28.6 Å². The fourth-order valence-corrected chi connectivity index (χ4v) is 6.17. The molecule has 0 radical (unpaired) electrons. The van der Waals surface area contributed by atoms with E-state index in [-0.39, 0.29) is 22.5 Å². The van der Waals surface area contributed by atoms with Gasteiger partial charge in [0.2, 0.25) is 0 Å². The molecule has 6 heteroatoms. The molecule has 1 N–H and O–H groups in total. The summed E-state index contributed by atoms with van der Waals surface area (Å²) in [7, 11) is 0. The van der Waals surface area contributed by atoms with Gasteiger partial charge in [0.15, 0.2) is 0 Å². The highest BCUT2D eigenvalue weighted by Crippen LogP contribution is 2.67. The maximum atomic E-state index is 12.7. The number of aliphatic hydroxyl groups excluding tert-OH is 1. The first-order valence-corrected chi connectivity index (χ1v) is 10.7. The summed E-state index contributed by atoms with van der Waals surface area (Å²) in [5, 5.41) is 10.7. The van der Waals surface area contributed by atoms with E-state index in [0.29, 0.717) is 5.92 Å². The Bertz CT molecular complexity index is 673. The number of fused-ring (bicyclic) bond motifs is 2. The van der Waals surface area contributed by atoms with E-state index in [1.54, 1.807) is 6.07 Å². The Morgan fingerprint density at radius 3 is 2.50 bits per heavy atom. The quantitative estimate of drug-likeness (QED) is 0.790. The lowest BCUT2D eigenvalue weighted by molar-refractivity contribution is -0.0134. The zero-order valence-corrected chi connectivity index (χ0v) is 17.1. The number of rotatable bonds is 6. The maximum absolute atomic E-state index is 12.7. The lowest BCUT2D eigenvalue weighted by Crippen LogP contribution is -2.47. The lowest BCUT2D eigenvalue weighted by Gasteiger charge is -2.42. The van der Waals surface area contributed by atoms with Gasteiger partial charge in [-0.1, -0.05) is 13.8 Å². The van der Waals surface area contributed by atoms with Crippen molar-refractivity contribution in [3.8, 4) is 0 Å². The van der Waals surface area contributed by atoms with Crippen molar-refractivity contribution in [3.05, 3.63) is 23.9 Å². The number of piperazine rings is 1. The summed E-state index contributed by atoms with van der Waals surface area (Å²) in [6.45, 7) is 9.50. The van der Waals surface area contributed by atoms with E-state index in [1.165, 1.54) is 25.1 Å². The molecule has 1 aromatic rings. The second-order valence-corrected chi connectivity index (χ2v) is 9.55. The molecule has 0 amide bonds. The molecule has 4 rings (SSSR count). The van der Waals surface area contributed by atoms with Crippen molar-refractivity contribution >= 4 is 5.82 Å². The SMILES string of the molecule is CC1(C)[C@@H]2CC[C@@]1(CCCN1CCN(c3ccc(C(F)F)cn3)CC1)C(O)C2. The van der Waals surface area contributed by atoms with Gasteiger partial charge in [-0.15, -0.1) is 0 Å². The average molecular weight is 394 g/mol. The van der Waals surface area contributed by atoms with Gasteiger partial charge in [0.1, 0.15) is 5.82 Å². The van der Waals surface area contributed by atoms with E-state index in [1.807, 2.05) is 0 Å². The minimum Gasteiger partial charge on any atom is -0.393 e. The third-order valence-corrected chi connectivity index (χ3v) is 8.20. The summed E-state index contributed by atoms with van der Waals surface area (Å²) >= 11 is 0. The van der Waals surface area contributed by atoms with E-state index >= 15 is 0 Å². The van der Waals surface area contributed by atoms with Crippen molar-refractivity contribution in [2.24, 2.45) is 16.7 Å². The normalized spacial score (nSPS) is 32.4. The van der Waals surface area contributed by atoms with Gasteiger partial charge in [0.25, 0.3) is 6.43 Å². The third-order valence-electron chi connectivity index (χ3n) is 8.20. The Morgan fingerprint density at radius 2 is 1.96 bits per heavy atom. The largest absolute Gasteiger partial charge is 0.393 e. The van der Waals surface area contributed by atoms with Crippen LogP contribution in [-0.4, -0.2) is 53.8 Å². The van der Waals surface area contributed by atoms with Gasteiger partial charge in [-0.2, -0.15) is 0 Å². The van der Waals surface area contributed by atoms with Gasteiger partial charge in [-0.05, 0) is 62.1 Å². The topological polar surface area (TPSA) is 39.6 Å². The molecule has 1 saturated heterocycles. The Balaban J connectivity index is 1.25. The van der Waals surface area contributed by atoms with Crippen molar-refractivity contribution < 1.29 is 13.9 Å². The Labute approximate surface area is 166 Å². The van der Waals surface area contributed by atoms with Crippen LogP contribution in [0.4, 0.5) is 14.6 Å². The maximum Gasteiger partial charge on any atom is 0.265 e. The molecule has 2 heterocycles. The number of halogens is 2. The lowest BCUT2D eigenvalue weighted by atomic mass is 9.66. The molecule has 1 unspecified atom stereocenters. The summed E-state index contributed by atoms with van der Waals surface area (Å²) in [4.78, 5) is 8.88. The number of pyridine rings is 1. The monoisotopic (exact) mass is 393 g/mol. The Morgan fingerprint density at radius 1 is 1.21 bits per heavy atom. The molecule has 1 aliphatic heterocycles. The Hall–Kier alpha value is -1.27. The van der Waals surface area contributed by atoms with Crippen molar-refractivity contribution in [2.45, 2.75) is 58.5 Å². The van der Waals surface area contributed by atoms with Gasteiger partial charge in [0, 0.05) is 43.4 Å². The third kappa shape index (κ3) is 3.32. The summed E-state index contributed by atoms with van der Waals surface area (Å²) in [6, 6.07) is 3.18. The molecule has 0 spiro atoms. The molecule has 2 aliphatic carbocycles. The first-order valence-electron chi connectivity index (χ1n) is 10.7. The van der Waals surface area contributed by atoms with E-state index in [0.717, 1.165) is 57.8 Å².